The monoisotopic (exact) mass is 226 g/mol. The van der Waals surface area contributed by atoms with Crippen LogP contribution in [0.25, 0.3) is 0 Å². The molecule has 0 saturated carbocycles. The fraction of sp³-hybridized carbons (Fsp3) is 0.600. The average molecular weight is 226 g/mol. The molecule has 1 rings (SSSR count). The lowest BCUT2D eigenvalue weighted by atomic mass is 10.2. The lowest BCUT2D eigenvalue weighted by Crippen LogP contribution is -2.32. The Balaban J connectivity index is 2.82. The Labute approximate surface area is 94.4 Å². The maximum atomic E-state index is 12.1. The fourth-order valence-electron chi connectivity index (χ4n) is 1.54. The van der Waals surface area contributed by atoms with Crippen LogP contribution < -0.4 is 5.73 Å². The minimum atomic E-state index is -0.139. The number of H-pyrrole nitrogens is 1. The average Bonchev–Trinajstić information content (AvgIpc) is 2.59. The lowest BCUT2D eigenvalue weighted by Gasteiger charge is -2.20. The van der Waals surface area contributed by atoms with Gasteiger partial charge in [-0.15, -0.1) is 0 Å². The lowest BCUT2D eigenvalue weighted by molar-refractivity contribution is 0.0754. The molecule has 6 nitrogen and oxygen atoms in total. The van der Waals surface area contributed by atoms with Crippen LogP contribution in [-0.2, 0) is 0 Å². The first-order valence-corrected chi connectivity index (χ1v) is 5.32. The number of nitrogens with zero attached hydrogens (tertiary/aromatic N) is 2. The first-order chi connectivity index (χ1) is 7.61. The van der Waals surface area contributed by atoms with Crippen LogP contribution in [0.5, 0.6) is 0 Å². The van der Waals surface area contributed by atoms with Gasteiger partial charge in [0.25, 0.3) is 5.91 Å². The molecule has 0 bridgehead atoms. The first-order valence-electron chi connectivity index (χ1n) is 5.32. The summed E-state index contributed by atoms with van der Waals surface area (Å²) in [5, 5.41) is 15.2. The van der Waals surface area contributed by atoms with E-state index in [9.17, 15) is 4.79 Å². The van der Waals surface area contributed by atoms with E-state index in [4.69, 9.17) is 10.8 Å². The summed E-state index contributed by atoms with van der Waals surface area (Å²) in [5.74, 6) is 0.0876. The van der Waals surface area contributed by atoms with E-state index in [1.807, 2.05) is 6.92 Å². The molecule has 0 spiro atoms. The number of anilines is 1. The molecule has 1 aromatic heterocycles. The molecule has 1 aromatic rings. The third-order valence-corrected chi connectivity index (χ3v) is 2.44. The Kier molecular flexibility index (Phi) is 4.30. The number of aliphatic hydroxyl groups excluding tert-OH is 1. The number of carbonyl (C=O) groups excluding carboxylic acids is 1. The molecule has 6 heteroatoms. The molecule has 0 aliphatic carbocycles. The summed E-state index contributed by atoms with van der Waals surface area (Å²) >= 11 is 0. The molecule has 0 radical (unpaired) electrons. The van der Waals surface area contributed by atoms with Crippen molar-refractivity contribution in [2.75, 3.05) is 25.4 Å². The summed E-state index contributed by atoms with van der Waals surface area (Å²) in [5.41, 5.74) is 6.73. The van der Waals surface area contributed by atoms with E-state index >= 15 is 0 Å². The molecule has 90 valence electrons. The van der Waals surface area contributed by atoms with Crippen molar-refractivity contribution in [2.24, 2.45) is 0 Å². The highest BCUT2D eigenvalue weighted by atomic mass is 16.3. The van der Waals surface area contributed by atoms with E-state index in [1.54, 1.807) is 11.8 Å². The van der Waals surface area contributed by atoms with Gasteiger partial charge in [0.15, 0.2) is 5.82 Å². The Morgan fingerprint density at radius 1 is 1.62 bits per heavy atom. The third-order valence-electron chi connectivity index (χ3n) is 2.44. The Bertz CT molecular complexity index is 342. The maximum Gasteiger partial charge on any atom is 0.259 e. The number of nitrogens with two attached hydrogens (primary N) is 1. The molecule has 0 aliphatic rings. The van der Waals surface area contributed by atoms with Crippen LogP contribution in [0.3, 0.4) is 0 Å². The highest BCUT2D eigenvalue weighted by Crippen LogP contribution is 2.15. The summed E-state index contributed by atoms with van der Waals surface area (Å²) in [7, 11) is 0. The molecule has 1 amide bonds. The maximum absolute atomic E-state index is 12.1. The first kappa shape index (κ1) is 12.5. The van der Waals surface area contributed by atoms with Gasteiger partial charge >= 0.3 is 0 Å². The Morgan fingerprint density at radius 2 is 2.31 bits per heavy atom. The van der Waals surface area contributed by atoms with Crippen LogP contribution in [0.15, 0.2) is 0 Å². The molecule has 16 heavy (non-hydrogen) atoms. The van der Waals surface area contributed by atoms with E-state index < -0.39 is 0 Å². The van der Waals surface area contributed by atoms with Gasteiger partial charge in [0.1, 0.15) is 5.56 Å². The van der Waals surface area contributed by atoms with E-state index in [0.717, 1.165) is 0 Å². The van der Waals surface area contributed by atoms with Gasteiger partial charge in [-0.05, 0) is 20.3 Å². The summed E-state index contributed by atoms with van der Waals surface area (Å²) < 4.78 is 0. The summed E-state index contributed by atoms with van der Waals surface area (Å²) in [6, 6.07) is 0. The van der Waals surface area contributed by atoms with Crippen molar-refractivity contribution in [3.8, 4) is 0 Å². The number of aromatic nitrogens is 2. The Hall–Kier alpha value is -1.56. The number of hydrogen-bond acceptors (Lipinski definition) is 4. The van der Waals surface area contributed by atoms with Crippen molar-refractivity contribution in [2.45, 2.75) is 20.3 Å². The molecule has 0 atom stereocenters. The van der Waals surface area contributed by atoms with Crippen molar-refractivity contribution in [3.63, 3.8) is 0 Å². The predicted molar refractivity (Wildman–Crippen MR) is 61.0 cm³/mol. The number of aromatic amines is 1. The van der Waals surface area contributed by atoms with Crippen LogP contribution in [0.4, 0.5) is 5.82 Å². The van der Waals surface area contributed by atoms with Crippen LogP contribution in [0.2, 0.25) is 0 Å². The minimum Gasteiger partial charge on any atom is -0.396 e. The zero-order valence-corrected chi connectivity index (χ0v) is 9.66. The number of aryl methyl sites for hydroxylation is 1. The number of amides is 1. The second-order valence-corrected chi connectivity index (χ2v) is 3.57. The molecular weight excluding hydrogens is 208 g/mol. The van der Waals surface area contributed by atoms with Crippen LogP contribution in [0, 0.1) is 6.92 Å². The second-order valence-electron chi connectivity index (χ2n) is 3.57. The normalized spacial score (nSPS) is 10.4. The van der Waals surface area contributed by atoms with E-state index in [1.165, 1.54) is 0 Å². The van der Waals surface area contributed by atoms with E-state index in [2.05, 4.69) is 10.2 Å². The van der Waals surface area contributed by atoms with Gasteiger partial charge in [0.05, 0.1) is 0 Å². The molecule has 1 heterocycles. The molecule has 0 unspecified atom stereocenters. The topological polar surface area (TPSA) is 95.2 Å². The highest BCUT2D eigenvalue weighted by Gasteiger charge is 2.20. The van der Waals surface area contributed by atoms with Crippen molar-refractivity contribution < 1.29 is 9.90 Å². The van der Waals surface area contributed by atoms with Gasteiger partial charge in [-0.3, -0.25) is 9.89 Å². The zero-order valence-electron chi connectivity index (χ0n) is 9.66. The van der Waals surface area contributed by atoms with Gasteiger partial charge in [-0.1, -0.05) is 0 Å². The van der Waals surface area contributed by atoms with Gasteiger partial charge < -0.3 is 15.7 Å². The third kappa shape index (κ3) is 2.52. The van der Waals surface area contributed by atoms with Gasteiger partial charge in [-0.25, -0.2) is 0 Å². The molecule has 4 N–H and O–H groups in total. The second kappa shape index (κ2) is 5.50. The molecule has 0 aromatic carbocycles. The largest absolute Gasteiger partial charge is 0.396 e. The SMILES string of the molecule is CCN(CCCO)C(=O)c1c(N)n[nH]c1C. The number of hydrogen-bond donors (Lipinski definition) is 3. The van der Waals surface area contributed by atoms with Crippen LogP contribution in [-0.4, -0.2) is 45.8 Å². The summed E-state index contributed by atoms with van der Waals surface area (Å²) in [4.78, 5) is 13.7. The van der Waals surface area contributed by atoms with Gasteiger partial charge in [-0.2, -0.15) is 5.10 Å². The van der Waals surface area contributed by atoms with Crippen molar-refractivity contribution in [1.82, 2.24) is 15.1 Å². The number of carbonyl (C=O) groups is 1. The highest BCUT2D eigenvalue weighted by molar-refractivity contribution is 5.99. The quantitative estimate of drug-likeness (QED) is 0.665. The smallest absolute Gasteiger partial charge is 0.259 e. The predicted octanol–water partition coefficient (Wildman–Crippen LogP) is 0.145. The number of nitrogen functional groups attached to an aromatic ring is 1. The van der Waals surface area contributed by atoms with Gasteiger partial charge in [0, 0.05) is 25.4 Å². The van der Waals surface area contributed by atoms with Crippen LogP contribution in [0.1, 0.15) is 29.4 Å². The summed E-state index contributed by atoms with van der Waals surface area (Å²) in [6.45, 7) is 4.83. The number of aliphatic hydroxyl groups is 1. The Morgan fingerprint density at radius 3 is 2.75 bits per heavy atom. The molecular formula is C10H18N4O2. The van der Waals surface area contributed by atoms with Crippen LogP contribution >= 0.6 is 0 Å². The fourth-order valence-corrected chi connectivity index (χ4v) is 1.54. The standard InChI is InChI=1S/C10H18N4O2/c1-3-14(5-4-6-15)10(16)8-7(2)12-13-9(8)11/h15H,3-6H2,1-2H3,(H3,11,12,13). The molecule has 0 fully saturated rings. The van der Waals surface area contributed by atoms with Crippen molar-refractivity contribution >= 4 is 11.7 Å². The zero-order chi connectivity index (χ0) is 12.1. The van der Waals surface area contributed by atoms with Crippen molar-refractivity contribution in [1.29, 1.82) is 0 Å². The van der Waals surface area contributed by atoms with Gasteiger partial charge in [0.2, 0.25) is 0 Å². The van der Waals surface area contributed by atoms with Crippen molar-refractivity contribution in [3.05, 3.63) is 11.3 Å². The van der Waals surface area contributed by atoms with E-state index in [-0.39, 0.29) is 18.3 Å². The summed E-state index contributed by atoms with van der Waals surface area (Å²) in [6.07, 6.45) is 0.566. The number of rotatable bonds is 5. The minimum absolute atomic E-state index is 0.0730. The number of nitrogens with one attached hydrogen (secondary N) is 1. The molecule has 0 aliphatic heterocycles. The molecule has 0 saturated heterocycles. The van der Waals surface area contributed by atoms with E-state index in [0.29, 0.717) is 30.8 Å².